The minimum atomic E-state index is -5.44. The zero-order valence-corrected chi connectivity index (χ0v) is 10.6. The molecule has 0 aliphatic heterocycles. The zero-order valence-electron chi connectivity index (χ0n) is 10.6. The fourth-order valence-electron chi connectivity index (χ4n) is 1.19. The maximum Gasteiger partial charge on any atom is 0.445 e. The quantitative estimate of drug-likeness (QED) is 0.781. The number of ether oxygens (including phenoxy) is 2. The summed E-state index contributed by atoms with van der Waals surface area (Å²) in [6.45, 7) is 3.33. The molecule has 0 fully saturated rings. The van der Waals surface area contributed by atoms with Crippen LogP contribution in [-0.4, -0.2) is 29.4 Å². The Hall–Kier alpha value is -1.93. The topological polar surface area (TPSA) is 44.2 Å². The molecule has 0 radical (unpaired) electrons. The third kappa shape index (κ3) is 3.78. The summed E-state index contributed by atoms with van der Waals surface area (Å²) in [6.07, 6.45) is -4.77. The van der Waals surface area contributed by atoms with Crippen LogP contribution < -0.4 is 9.47 Å². The van der Waals surface area contributed by atoms with Gasteiger partial charge in [0.05, 0.1) is 18.8 Å². The summed E-state index contributed by atoms with van der Waals surface area (Å²) < 4.78 is 72.5. The van der Waals surface area contributed by atoms with Gasteiger partial charge in [0.25, 0.3) is 0 Å². The van der Waals surface area contributed by atoms with Gasteiger partial charge in [-0.3, -0.25) is 0 Å². The second-order valence-electron chi connectivity index (χ2n) is 3.36. The molecule has 0 aromatic carbocycles. The maximum absolute atomic E-state index is 13.5. The number of aromatic nitrogens is 2. The van der Waals surface area contributed by atoms with Crippen LogP contribution in [0.15, 0.2) is 12.0 Å². The molecule has 4 nitrogen and oxygen atoms in total. The van der Waals surface area contributed by atoms with E-state index in [1.54, 1.807) is 6.92 Å². The van der Waals surface area contributed by atoms with Crippen LogP contribution in [0.3, 0.4) is 0 Å². The molecule has 0 spiro atoms. The molecule has 0 aliphatic carbocycles. The van der Waals surface area contributed by atoms with E-state index >= 15 is 0 Å². The van der Waals surface area contributed by atoms with Crippen molar-refractivity contribution in [2.45, 2.75) is 20.0 Å². The highest BCUT2D eigenvalue weighted by atomic mass is 19.4. The molecule has 1 heterocycles. The largest absolute Gasteiger partial charge is 0.477 e. The summed E-state index contributed by atoms with van der Waals surface area (Å²) in [4.78, 5) is 7.05. The number of allylic oxidation sites excluding steroid dienone is 1. The van der Waals surface area contributed by atoms with Crippen LogP contribution >= 0.6 is 0 Å². The second kappa shape index (κ2) is 6.49. The van der Waals surface area contributed by atoms with Crippen LogP contribution in [0.1, 0.15) is 19.4 Å². The van der Waals surface area contributed by atoms with Crippen molar-refractivity contribution in [1.82, 2.24) is 9.97 Å². The molecule has 0 saturated heterocycles. The number of hydrogen-bond donors (Lipinski definition) is 0. The van der Waals surface area contributed by atoms with Crippen LogP contribution in [-0.2, 0) is 0 Å². The Balaban J connectivity index is 3.30. The summed E-state index contributed by atoms with van der Waals surface area (Å²) in [5, 5.41) is 0. The third-order valence-electron chi connectivity index (χ3n) is 1.96. The highest BCUT2D eigenvalue weighted by molar-refractivity contribution is 5.65. The molecule has 0 aliphatic rings. The fraction of sp³-hybridized carbons (Fsp3) is 0.455. The van der Waals surface area contributed by atoms with E-state index in [1.807, 2.05) is 0 Å². The Bertz CT molecular complexity index is 502. The van der Waals surface area contributed by atoms with E-state index < -0.39 is 29.3 Å². The lowest BCUT2D eigenvalue weighted by atomic mass is 10.2. The molecule has 112 valence electrons. The van der Waals surface area contributed by atoms with Gasteiger partial charge in [-0.25, -0.2) is 9.37 Å². The Morgan fingerprint density at radius 1 is 1.15 bits per heavy atom. The molecule has 0 atom stereocenters. The summed E-state index contributed by atoms with van der Waals surface area (Å²) in [5.74, 6) is -5.53. The molecule has 0 bridgehead atoms. The van der Waals surface area contributed by atoms with E-state index in [0.717, 1.165) is 0 Å². The van der Waals surface area contributed by atoms with Crippen LogP contribution in [0.5, 0.6) is 11.9 Å². The number of hydrogen-bond acceptors (Lipinski definition) is 4. The Labute approximate surface area is 111 Å². The molecule has 0 saturated carbocycles. The predicted molar refractivity (Wildman–Crippen MR) is 59.6 cm³/mol. The van der Waals surface area contributed by atoms with Crippen molar-refractivity contribution >= 4 is 5.83 Å². The predicted octanol–water partition coefficient (Wildman–Crippen LogP) is 3.44. The molecule has 0 amide bonds. The van der Waals surface area contributed by atoms with Crippen molar-refractivity contribution in [3.63, 3.8) is 0 Å². The van der Waals surface area contributed by atoms with Gasteiger partial charge in [-0.15, -0.1) is 0 Å². The van der Waals surface area contributed by atoms with Crippen molar-refractivity contribution in [2.75, 3.05) is 13.2 Å². The van der Waals surface area contributed by atoms with Gasteiger partial charge in [-0.1, -0.05) is 0 Å². The lowest BCUT2D eigenvalue weighted by molar-refractivity contribution is -0.108. The van der Waals surface area contributed by atoms with Crippen molar-refractivity contribution in [2.24, 2.45) is 0 Å². The molecule has 1 aromatic rings. The average Bonchev–Trinajstić information content (AvgIpc) is 2.37. The number of alkyl halides is 3. The van der Waals surface area contributed by atoms with Crippen LogP contribution in [0, 0.1) is 0 Å². The number of halogens is 5. The summed E-state index contributed by atoms with van der Waals surface area (Å²) >= 11 is 0. The molecule has 1 aromatic heterocycles. The lowest BCUT2D eigenvalue weighted by Gasteiger charge is -2.10. The van der Waals surface area contributed by atoms with Crippen LogP contribution in [0.25, 0.3) is 5.83 Å². The van der Waals surface area contributed by atoms with Crippen molar-refractivity contribution < 1.29 is 31.4 Å². The van der Waals surface area contributed by atoms with Gasteiger partial charge in [0, 0.05) is 6.20 Å². The first kappa shape index (κ1) is 16.1. The molecule has 1 rings (SSSR count). The first-order valence-corrected chi connectivity index (χ1v) is 5.56. The van der Waals surface area contributed by atoms with E-state index in [-0.39, 0.29) is 19.2 Å². The Morgan fingerprint density at radius 2 is 1.75 bits per heavy atom. The highest BCUT2D eigenvalue weighted by Gasteiger charge is 2.39. The molecular formula is C11H11F5N2O2. The van der Waals surface area contributed by atoms with Gasteiger partial charge in [0.1, 0.15) is 0 Å². The Morgan fingerprint density at radius 3 is 2.25 bits per heavy atom. The highest BCUT2D eigenvalue weighted by Crippen LogP contribution is 2.36. The average molecular weight is 298 g/mol. The van der Waals surface area contributed by atoms with E-state index in [0.29, 0.717) is 6.20 Å². The normalized spacial score (nSPS) is 12.9. The Kier molecular flexibility index (Phi) is 5.23. The minimum Gasteiger partial charge on any atom is -0.477 e. The van der Waals surface area contributed by atoms with Crippen LogP contribution in [0.2, 0.25) is 0 Å². The monoisotopic (exact) mass is 298 g/mol. The molecule has 0 N–H and O–H groups in total. The number of nitrogens with zero attached hydrogens (tertiary/aromatic N) is 2. The molecular weight excluding hydrogens is 287 g/mol. The maximum atomic E-state index is 13.5. The van der Waals surface area contributed by atoms with Gasteiger partial charge in [0.2, 0.25) is 11.7 Å². The summed E-state index contributed by atoms with van der Waals surface area (Å²) in [6, 6.07) is -0.208. The molecule has 20 heavy (non-hydrogen) atoms. The van der Waals surface area contributed by atoms with Gasteiger partial charge < -0.3 is 9.47 Å². The first-order chi connectivity index (χ1) is 9.31. The van der Waals surface area contributed by atoms with Gasteiger partial charge in [-0.05, 0) is 13.8 Å². The lowest BCUT2D eigenvalue weighted by Crippen LogP contribution is -2.10. The first-order valence-electron chi connectivity index (χ1n) is 5.56. The summed E-state index contributed by atoms with van der Waals surface area (Å²) in [5.41, 5.74) is -0.829. The zero-order chi connectivity index (χ0) is 15.3. The van der Waals surface area contributed by atoms with E-state index in [2.05, 4.69) is 9.97 Å². The van der Waals surface area contributed by atoms with E-state index in [9.17, 15) is 22.0 Å². The van der Waals surface area contributed by atoms with Crippen LogP contribution in [0.4, 0.5) is 22.0 Å². The van der Waals surface area contributed by atoms with Crippen molar-refractivity contribution in [3.05, 3.63) is 17.6 Å². The smallest absolute Gasteiger partial charge is 0.445 e. The number of rotatable bonds is 5. The van der Waals surface area contributed by atoms with Crippen molar-refractivity contribution in [3.8, 4) is 11.9 Å². The summed E-state index contributed by atoms with van der Waals surface area (Å²) in [7, 11) is 0. The van der Waals surface area contributed by atoms with Gasteiger partial charge in [-0.2, -0.15) is 22.5 Å². The van der Waals surface area contributed by atoms with Gasteiger partial charge >= 0.3 is 12.2 Å². The standard InChI is InChI=1S/C11H11F5N2O2/c1-3-19-9-6(5-17-10(18-9)20-4-2)7(12)8(13)11(14,15)16/h5H,3-4H2,1-2H3/b8-7-. The SMILES string of the molecule is CCOc1ncc(/C(F)=C(/F)C(F)(F)F)c(OCC)n1. The minimum absolute atomic E-state index is 0.00348. The van der Waals surface area contributed by atoms with Crippen molar-refractivity contribution in [1.29, 1.82) is 0 Å². The third-order valence-corrected chi connectivity index (χ3v) is 1.96. The van der Waals surface area contributed by atoms with E-state index in [4.69, 9.17) is 9.47 Å². The van der Waals surface area contributed by atoms with Gasteiger partial charge in [0.15, 0.2) is 5.83 Å². The fourth-order valence-corrected chi connectivity index (χ4v) is 1.19. The van der Waals surface area contributed by atoms with E-state index in [1.165, 1.54) is 6.92 Å². The molecule has 9 heteroatoms. The second-order valence-corrected chi connectivity index (χ2v) is 3.36. The molecule has 0 unspecified atom stereocenters.